The molecule has 122 valence electrons. The Kier molecular flexibility index (Phi) is 3.08. The van der Waals surface area contributed by atoms with Crippen molar-refractivity contribution in [2.45, 2.75) is 63.1 Å². The first-order chi connectivity index (χ1) is 11.3. The summed E-state index contributed by atoms with van der Waals surface area (Å²) >= 11 is 0. The third-order valence-electron chi connectivity index (χ3n) is 5.56. The van der Waals surface area contributed by atoms with Gasteiger partial charge >= 0.3 is 0 Å². The number of rotatable bonds is 5. The van der Waals surface area contributed by atoms with Crippen molar-refractivity contribution in [3.8, 4) is 0 Å². The van der Waals surface area contributed by atoms with Crippen LogP contribution in [0.15, 0.2) is 12.3 Å². The lowest BCUT2D eigenvalue weighted by atomic mass is 10.1. The summed E-state index contributed by atoms with van der Waals surface area (Å²) in [6.07, 6.45) is 9.57. The van der Waals surface area contributed by atoms with Crippen molar-refractivity contribution < 1.29 is 0 Å². The van der Waals surface area contributed by atoms with Gasteiger partial charge in [-0.05, 0) is 51.1 Å². The topological polar surface area (TPSA) is 51.8 Å². The van der Waals surface area contributed by atoms with E-state index in [1.807, 2.05) is 17.9 Å². The van der Waals surface area contributed by atoms with Gasteiger partial charge in [-0.1, -0.05) is 0 Å². The molecule has 6 heteroatoms. The van der Waals surface area contributed by atoms with Crippen molar-refractivity contribution in [3.63, 3.8) is 0 Å². The molecule has 0 aromatic carbocycles. The molecule has 1 unspecified atom stereocenters. The number of hydrogen-bond donors (Lipinski definition) is 0. The zero-order valence-electron chi connectivity index (χ0n) is 13.7. The van der Waals surface area contributed by atoms with E-state index in [9.17, 15) is 0 Å². The SMILES string of the molecule is Cn1nccc1C1CCCN1Cc1nnc(C2CC2)n1C1CC1. The second-order valence-electron chi connectivity index (χ2n) is 7.36. The maximum atomic E-state index is 4.59. The maximum absolute atomic E-state index is 4.59. The summed E-state index contributed by atoms with van der Waals surface area (Å²) in [5, 5.41) is 13.5. The van der Waals surface area contributed by atoms with E-state index >= 15 is 0 Å². The summed E-state index contributed by atoms with van der Waals surface area (Å²) < 4.78 is 4.50. The summed E-state index contributed by atoms with van der Waals surface area (Å²) in [6, 6.07) is 3.30. The molecule has 5 rings (SSSR count). The Morgan fingerprint density at radius 2 is 2.00 bits per heavy atom. The molecule has 1 aliphatic heterocycles. The van der Waals surface area contributed by atoms with E-state index in [4.69, 9.17) is 0 Å². The van der Waals surface area contributed by atoms with Gasteiger partial charge in [-0.25, -0.2) is 0 Å². The van der Waals surface area contributed by atoms with Gasteiger partial charge in [-0.15, -0.1) is 10.2 Å². The van der Waals surface area contributed by atoms with Crippen LogP contribution >= 0.6 is 0 Å². The Hall–Kier alpha value is -1.69. The highest BCUT2D eigenvalue weighted by Crippen LogP contribution is 2.45. The lowest BCUT2D eigenvalue weighted by molar-refractivity contribution is 0.229. The molecular formula is C17H24N6. The van der Waals surface area contributed by atoms with Crippen LogP contribution in [0.1, 0.15) is 73.9 Å². The summed E-state index contributed by atoms with van der Waals surface area (Å²) in [4.78, 5) is 2.57. The van der Waals surface area contributed by atoms with Gasteiger partial charge < -0.3 is 4.57 Å². The summed E-state index contributed by atoms with van der Waals surface area (Å²) in [5.41, 5.74) is 1.32. The Labute approximate surface area is 136 Å². The first-order valence-corrected chi connectivity index (χ1v) is 8.97. The number of hydrogen-bond acceptors (Lipinski definition) is 4. The molecule has 6 nitrogen and oxygen atoms in total. The molecule has 0 amide bonds. The van der Waals surface area contributed by atoms with E-state index in [1.54, 1.807) is 0 Å². The molecule has 23 heavy (non-hydrogen) atoms. The lowest BCUT2D eigenvalue weighted by Gasteiger charge is -2.24. The number of nitrogens with zero attached hydrogens (tertiary/aromatic N) is 6. The first-order valence-electron chi connectivity index (χ1n) is 8.97. The normalized spacial score (nSPS) is 25.3. The summed E-state index contributed by atoms with van der Waals surface area (Å²) in [5.74, 6) is 3.13. The van der Waals surface area contributed by atoms with E-state index in [2.05, 4.69) is 30.8 Å². The predicted molar refractivity (Wildman–Crippen MR) is 85.9 cm³/mol. The zero-order valence-corrected chi connectivity index (χ0v) is 13.7. The second-order valence-corrected chi connectivity index (χ2v) is 7.36. The minimum atomic E-state index is 0.469. The average molecular weight is 312 g/mol. The van der Waals surface area contributed by atoms with Crippen LogP contribution in [-0.4, -0.2) is 36.0 Å². The monoisotopic (exact) mass is 312 g/mol. The molecule has 3 heterocycles. The smallest absolute Gasteiger partial charge is 0.147 e. The fourth-order valence-corrected chi connectivity index (χ4v) is 4.04. The van der Waals surface area contributed by atoms with Crippen LogP contribution in [0.4, 0.5) is 0 Å². The third kappa shape index (κ3) is 2.40. The molecule has 3 aliphatic rings. The van der Waals surface area contributed by atoms with Crippen LogP contribution in [0.2, 0.25) is 0 Å². The third-order valence-corrected chi connectivity index (χ3v) is 5.56. The molecule has 0 spiro atoms. The molecule has 2 aromatic rings. The van der Waals surface area contributed by atoms with Crippen molar-refractivity contribution in [1.82, 2.24) is 29.4 Å². The quantitative estimate of drug-likeness (QED) is 0.851. The van der Waals surface area contributed by atoms with Crippen molar-refractivity contribution in [1.29, 1.82) is 0 Å². The Morgan fingerprint density at radius 1 is 1.13 bits per heavy atom. The molecule has 2 saturated carbocycles. The second kappa shape index (κ2) is 5.16. The largest absolute Gasteiger partial charge is 0.311 e. The van der Waals surface area contributed by atoms with Gasteiger partial charge in [0.2, 0.25) is 0 Å². The van der Waals surface area contributed by atoms with Crippen molar-refractivity contribution in [2.75, 3.05) is 6.54 Å². The van der Waals surface area contributed by atoms with Crippen LogP contribution in [0.3, 0.4) is 0 Å². The minimum Gasteiger partial charge on any atom is -0.311 e. The van der Waals surface area contributed by atoms with Gasteiger partial charge in [0.05, 0.1) is 18.3 Å². The highest BCUT2D eigenvalue weighted by molar-refractivity contribution is 5.14. The van der Waals surface area contributed by atoms with Crippen molar-refractivity contribution in [3.05, 3.63) is 29.6 Å². The molecule has 0 N–H and O–H groups in total. The fourth-order valence-electron chi connectivity index (χ4n) is 4.04. The zero-order chi connectivity index (χ0) is 15.4. The van der Waals surface area contributed by atoms with E-state index in [-0.39, 0.29) is 0 Å². The summed E-state index contributed by atoms with van der Waals surface area (Å²) in [6.45, 7) is 2.07. The van der Waals surface area contributed by atoms with E-state index < -0.39 is 0 Å². The summed E-state index contributed by atoms with van der Waals surface area (Å²) in [7, 11) is 2.05. The molecular weight excluding hydrogens is 288 g/mol. The van der Waals surface area contributed by atoms with Gasteiger partial charge in [0.1, 0.15) is 11.6 Å². The Morgan fingerprint density at radius 3 is 2.70 bits per heavy atom. The molecule has 3 fully saturated rings. The van der Waals surface area contributed by atoms with Crippen LogP contribution < -0.4 is 0 Å². The van der Waals surface area contributed by atoms with E-state index in [0.717, 1.165) is 13.1 Å². The number of likely N-dealkylation sites (tertiary alicyclic amines) is 1. The predicted octanol–water partition coefficient (Wildman–Crippen LogP) is 2.56. The minimum absolute atomic E-state index is 0.469. The van der Waals surface area contributed by atoms with Crippen LogP contribution in [0.25, 0.3) is 0 Å². The number of aryl methyl sites for hydroxylation is 1. The van der Waals surface area contributed by atoms with Crippen LogP contribution in [0, 0.1) is 0 Å². The van der Waals surface area contributed by atoms with E-state index in [0.29, 0.717) is 18.0 Å². The Balaban J connectivity index is 1.42. The molecule has 0 bridgehead atoms. The first kappa shape index (κ1) is 13.7. The molecule has 0 radical (unpaired) electrons. The lowest BCUT2D eigenvalue weighted by Crippen LogP contribution is -2.26. The van der Waals surface area contributed by atoms with Crippen molar-refractivity contribution in [2.24, 2.45) is 7.05 Å². The van der Waals surface area contributed by atoms with Crippen molar-refractivity contribution >= 4 is 0 Å². The van der Waals surface area contributed by atoms with Gasteiger partial charge in [-0.3, -0.25) is 9.58 Å². The highest BCUT2D eigenvalue weighted by atomic mass is 15.3. The average Bonchev–Trinajstić information content (AvgIpc) is 3.45. The molecule has 1 saturated heterocycles. The Bertz CT molecular complexity index is 708. The highest BCUT2D eigenvalue weighted by Gasteiger charge is 2.37. The molecule has 2 aromatic heterocycles. The molecule has 1 atom stereocenters. The maximum Gasteiger partial charge on any atom is 0.147 e. The van der Waals surface area contributed by atoms with Crippen LogP contribution in [-0.2, 0) is 13.6 Å². The van der Waals surface area contributed by atoms with Gasteiger partial charge in [0, 0.05) is 25.2 Å². The molecule has 2 aliphatic carbocycles. The standard InChI is InChI=1S/C17H24N6/c1-21-14(8-9-18-21)15-3-2-10-22(15)11-16-19-20-17(12-4-5-12)23(16)13-6-7-13/h8-9,12-13,15H,2-7,10-11H2,1H3. The number of aromatic nitrogens is 5. The fraction of sp³-hybridized carbons (Fsp3) is 0.706. The van der Waals surface area contributed by atoms with Crippen LogP contribution in [0.5, 0.6) is 0 Å². The van der Waals surface area contributed by atoms with Gasteiger partial charge in [-0.2, -0.15) is 5.10 Å². The van der Waals surface area contributed by atoms with Gasteiger partial charge in [0.25, 0.3) is 0 Å². The van der Waals surface area contributed by atoms with Gasteiger partial charge in [0.15, 0.2) is 0 Å². The van der Waals surface area contributed by atoms with E-state index in [1.165, 1.54) is 55.9 Å².